The maximum absolute atomic E-state index is 15.4. The molecule has 1 aliphatic heterocycles. The smallest absolute Gasteiger partial charge is 0.410 e. The highest BCUT2D eigenvalue weighted by Crippen LogP contribution is 2.40. The molecule has 1 aromatic carbocycles. The van der Waals surface area contributed by atoms with Gasteiger partial charge in [0, 0.05) is 37.3 Å². The Labute approximate surface area is 261 Å². The molecule has 0 radical (unpaired) electrons. The first-order valence-corrected chi connectivity index (χ1v) is 15.2. The van der Waals surface area contributed by atoms with Gasteiger partial charge in [0.15, 0.2) is 11.6 Å². The lowest BCUT2D eigenvalue weighted by molar-refractivity contribution is 0.0224. The summed E-state index contributed by atoms with van der Waals surface area (Å²) in [6.07, 6.45) is 0.964. The number of fused-ring (bicyclic) bond motifs is 1. The fraction of sp³-hybridized carbons (Fsp3) is 0.576. The van der Waals surface area contributed by atoms with Gasteiger partial charge in [0.05, 0.1) is 16.5 Å². The molecular formula is C33H41F2N3O7. The van der Waals surface area contributed by atoms with Crippen molar-refractivity contribution in [1.82, 2.24) is 14.8 Å². The Bertz CT molecular complexity index is 1640. The highest BCUT2D eigenvalue weighted by atomic mass is 19.2. The van der Waals surface area contributed by atoms with Gasteiger partial charge in [0.25, 0.3) is 0 Å². The molecular weight excluding hydrogens is 588 g/mol. The molecule has 0 bridgehead atoms. The van der Waals surface area contributed by atoms with Crippen molar-refractivity contribution in [3.05, 3.63) is 44.7 Å². The first kappa shape index (κ1) is 33.7. The van der Waals surface area contributed by atoms with Crippen molar-refractivity contribution in [3.8, 4) is 11.8 Å². The van der Waals surface area contributed by atoms with Crippen LogP contribution in [-0.4, -0.2) is 63.1 Å². The molecule has 4 rings (SSSR count). The van der Waals surface area contributed by atoms with Gasteiger partial charge in [-0.25, -0.2) is 23.2 Å². The average Bonchev–Trinajstić information content (AvgIpc) is 3.66. The largest absolute Gasteiger partial charge is 0.477 e. The monoisotopic (exact) mass is 629 g/mol. The van der Waals surface area contributed by atoms with Gasteiger partial charge >= 0.3 is 18.2 Å². The Hall–Kier alpha value is -4.14. The third kappa shape index (κ3) is 7.75. The number of ether oxygens (including phenoxy) is 2. The standard InChI is InChI=1S/C33H41F2N3O7/c1-8-24-25(29(40)41)28(39)22-15-23(34)26(35)21(27(22)38(24)19-12-13-19)11-9-10-20-14-18(16-36-30(42)44-32(2,3)4)17-37(20)31(43)45-33(5,6)7/h15,18-20H,8,10,12-14,16-17H2,1-7H3,(H,36,42)(H,40,41)/t18-,20?/m0/s1. The summed E-state index contributed by atoms with van der Waals surface area (Å²) in [6, 6.07) is 0.116. The maximum Gasteiger partial charge on any atom is 0.410 e. The number of rotatable bonds is 6. The van der Waals surface area contributed by atoms with Gasteiger partial charge in [-0.05, 0) is 79.2 Å². The van der Waals surface area contributed by atoms with Crippen LogP contribution in [0.4, 0.5) is 18.4 Å². The van der Waals surface area contributed by atoms with Crippen LogP contribution in [0.2, 0.25) is 0 Å². The van der Waals surface area contributed by atoms with Gasteiger partial charge < -0.3 is 29.4 Å². The summed E-state index contributed by atoms with van der Waals surface area (Å²) >= 11 is 0. The summed E-state index contributed by atoms with van der Waals surface area (Å²) in [6.45, 7) is 12.7. The zero-order chi connectivity index (χ0) is 33.4. The third-order valence-corrected chi connectivity index (χ3v) is 7.56. The Morgan fingerprint density at radius 1 is 1.09 bits per heavy atom. The van der Waals surface area contributed by atoms with E-state index in [0.29, 0.717) is 19.3 Å². The van der Waals surface area contributed by atoms with Gasteiger partial charge in [-0.15, -0.1) is 0 Å². The number of likely N-dealkylation sites (tertiary alicyclic amines) is 1. The molecule has 45 heavy (non-hydrogen) atoms. The minimum Gasteiger partial charge on any atom is -0.477 e. The van der Waals surface area contributed by atoms with Crippen molar-refractivity contribution >= 4 is 29.1 Å². The number of carboxylic acids is 1. The van der Waals surface area contributed by atoms with Crippen LogP contribution in [0.5, 0.6) is 0 Å². The van der Waals surface area contributed by atoms with E-state index in [1.807, 2.05) is 0 Å². The fourth-order valence-corrected chi connectivity index (χ4v) is 5.68. The number of carbonyl (C=O) groups is 3. The van der Waals surface area contributed by atoms with Gasteiger partial charge in [-0.1, -0.05) is 18.8 Å². The van der Waals surface area contributed by atoms with Crippen molar-refractivity contribution in [2.45, 2.75) is 104 Å². The number of carboxylic acid groups (broad SMARTS) is 1. The molecule has 2 aromatic rings. The molecule has 2 aliphatic rings. The number of halogens is 2. The van der Waals surface area contributed by atoms with Crippen LogP contribution in [0.15, 0.2) is 10.9 Å². The quantitative estimate of drug-likeness (QED) is 0.389. The maximum atomic E-state index is 15.4. The van der Waals surface area contributed by atoms with Gasteiger partial charge in [0.1, 0.15) is 16.8 Å². The molecule has 1 saturated carbocycles. The number of amides is 2. The highest BCUT2D eigenvalue weighted by Gasteiger charge is 2.38. The lowest BCUT2D eigenvalue weighted by Crippen LogP contribution is -2.40. The van der Waals surface area contributed by atoms with Crippen LogP contribution in [0.3, 0.4) is 0 Å². The number of pyridine rings is 1. The number of aromatic nitrogens is 1. The van der Waals surface area contributed by atoms with Gasteiger partial charge in [0.2, 0.25) is 5.43 Å². The predicted octanol–water partition coefficient (Wildman–Crippen LogP) is 5.77. The summed E-state index contributed by atoms with van der Waals surface area (Å²) in [4.78, 5) is 52.2. The zero-order valence-electron chi connectivity index (χ0n) is 26.8. The van der Waals surface area contributed by atoms with E-state index >= 15 is 4.39 Å². The summed E-state index contributed by atoms with van der Waals surface area (Å²) in [7, 11) is 0. The molecule has 1 unspecified atom stereocenters. The summed E-state index contributed by atoms with van der Waals surface area (Å²) < 4.78 is 42.8. The van der Waals surface area contributed by atoms with Crippen LogP contribution in [0, 0.1) is 29.4 Å². The average molecular weight is 630 g/mol. The molecule has 2 heterocycles. The molecule has 1 aromatic heterocycles. The van der Waals surface area contributed by atoms with E-state index < -0.39 is 58.0 Å². The Balaban J connectivity index is 1.70. The molecule has 2 atom stereocenters. The first-order chi connectivity index (χ1) is 20.9. The first-order valence-electron chi connectivity index (χ1n) is 15.2. The minimum absolute atomic E-state index is 0.0706. The van der Waals surface area contributed by atoms with Crippen LogP contribution < -0.4 is 10.7 Å². The molecule has 2 N–H and O–H groups in total. The van der Waals surface area contributed by atoms with E-state index in [4.69, 9.17) is 9.47 Å². The van der Waals surface area contributed by atoms with E-state index in [-0.39, 0.29) is 60.1 Å². The molecule has 2 fully saturated rings. The van der Waals surface area contributed by atoms with E-state index in [1.165, 1.54) is 4.90 Å². The molecule has 10 nitrogen and oxygen atoms in total. The Morgan fingerprint density at radius 3 is 2.29 bits per heavy atom. The van der Waals surface area contributed by atoms with E-state index in [2.05, 4.69) is 17.2 Å². The molecule has 12 heteroatoms. The van der Waals surface area contributed by atoms with Crippen LogP contribution in [-0.2, 0) is 15.9 Å². The van der Waals surface area contributed by atoms with Gasteiger partial charge in [-0.2, -0.15) is 0 Å². The molecule has 1 saturated heterocycles. The number of alkyl carbamates (subject to hydrolysis) is 1. The fourth-order valence-electron chi connectivity index (χ4n) is 5.68. The number of carbonyl (C=O) groups excluding carboxylic acids is 2. The van der Waals surface area contributed by atoms with Gasteiger partial charge in [-0.3, -0.25) is 4.79 Å². The molecule has 2 amide bonds. The summed E-state index contributed by atoms with van der Waals surface area (Å²) in [5, 5.41) is 12.3. The summed E-state index contributed by atoms with van der Waals surface area (Å²) in [5.74, 6) is 1.52. The highest BCUT2D eigenvalue weighted by molar-refractivity contribution is 5.96. The normalized spacial score (nSPS) is 18.4. The third-order valence-electron chi connectivity index (χ3n) is 7.56. The van der Waals surface area contributed by atoms with Crippen LogP contribution in [0.25, 0.3) is 10.9 Å². The topological polar surface area (TPSA) is 127 Å². The van der Waals surface area contributed by atoms with E-state index in [1.54, 1.807) is 53.0 Å². The second-order valence-corrected chi connectivity index (χ2v) is 13.6. The van der Waals surface area contributed by atoms with Crippen molar-refractivity contribution in [2.75, 3.05) is 13.1 Å². The SMILES string of the molecule is CCc1c(C(=O)O)c(=O)c2cc(F)c(F)c(C#CCC3C[C@@H](CNC(=O)OC(C)(C)C)CN3C(=O)OC(C)(C)C)c2n1C1CC1. The Kier molecular flexibility index (Phi) is 9.52. The molecule has 244 valence electrons. The lowest BCUT2D eigenvalue weighted by atomic mass is 10.0. The number of nitrogens with zero attached hydrogens (tertiary/aromatic N) is 2. The number of nitrogens with one attached hydrogen (secondary N) is 1. The zero-order valence-corrected chi connectivity index (χ0v) is 26.8. The van der Waals surface area contributed by atoms with Crippen molar-refractivity contribution < 1.29 is 37.7 Å². The van der Waals surface area contributed by atoms with E-state index in [0.717, 1.165) is 6.07 Å². The lowest BCUT2D eigenvalue weighted by Gasteiger charge is -2.28. The number of aromatic carboxylic acids is 1. The number of hydrogen-bond acceptors (Lipinski definition) is 6. The minimum atomic E-state index is -1.43. The van der Waals surface area contributed by atoms with Crippen LogP contribution >= 0.6 is 0 Å². The van der Waals surface area contributed by atoms with Crippen molar-refractivity contribution in [2.24, 2.45) is 5.92 Å². The predicted molar refractivity (Wildman–Crippen MR) is 163 cm³/mol. The second kappa shape index (κ2) is 12.7. The molecule has 1 aliphatic carbocycles. The number of benzene rings is 1. The molecule has 0 spiro atoms. The summed E-state index contributed by atoms with van der Waals surface area (Å²) in [5.41, 5.74) is -2.79. The Morgan fingerprint density at radius 2 is 1.73 bits per heavy atom. The van der Waals surface area contributed by atoms with Crippen molar-refractivity contribution in [3.63, 3.8) is 0 Å². The second-order valence-electron chi connectivity index (χ2n) is 13.6. The van der Waals surface area contributed by atoms with E-state index in [9.17, 15) is 28.7 Å². The van der Waals surface area contributed by atoms with Crippen molar-refractivity contribution in [1.29, 1.82) is 0 Å². The van der Waals surface area contributed by atoms with Crippen LogP contribution in [0.1, 0.15) is 102 Å². The number of hydrogen-bond donors (Lipinski definition) is 2.